The van der Waals surface area contributed by atoms with Crippen molar-refractivity contribution in [2.75, 3.05) is 13.2 Å². The van der Waals surface area contributed by atoms with Crippen LogP contribution in [-0.2, 0) is 9.53 Å². The highest BCUT2D eigenvalue weighted by Gasteiger charge is 2.37. The summed E-state index contributed by atoms with van der Waals surface area (Å²) in [6.07, 6.45) is 4.58. The van der Waals surface area contributed by atoms with Crippen LogP contribution in [0, 0.1) is 0 Å². The molecule has 4 nitrogen and oxygen atoms in total. The van der Waals surface area contributed by atoms with Gasteiger partial charge < -0.3 is 15.8 Å². The van der Waals surface area contributed by atoms with Gasteiger partial charge in [0.05, 0.1) is 11.6 Å². The SMILES string of the molecule is CC1OCCC1(C)NC(=O)CCCCCN. The van der Waals surface area contributed by atoms with E-state index in [1.165, 1.54) is 0 Å². The van der Waals surface area contributed by atoms with Crippen molar-refractivity contribution in [2.45, 2.75) is 57.6 Å². The Morgan fingerprint density at radius 3 is 2.81 bits per heavy atom. The molecule has 4 heteroatoms. The second kappa shape index (κ2) is 6.21. The van der Waals surface area contributed by atoms with E-state index < -0.39 is 0 Å². The predicted octanol–water partition coefficient (Wildman–Crippen LogP) is 1.19. The van der Waals surface area contributed by atoms with Crippen LogP contribution in [0.2, 0.25) is 0 Å². The molecular weight excluding hydrogens is 204 g/mol. The van der Waals surface area contributed by atoms with Gasteiger partial charge in [0.1, 0.15) is 0 Å². The molecule has 1 aliphatic rings. The van der Waals surface area contributed by atoms with Gasteiger partial charge >= 0.3 is 0 Å². The van der Waals surface area contributed by atoms with Gasteiger partial charge in [-0.1, -0.05) is 6.42 Å². The summed E-state index contributed by atoms with van der Waals surface area (Å²) < 4.78 is 5.48. The standard InChI is InChI=1S/C12H24N2O2/c1-10-12(2,7-9-16-10)14-11(15)6-4-3-5-8-13/h10H,3-9,13H2,1-2H3,(H,14,15). The highest BCUT2D eigenvalue weighted by atomic mass is 16.5. The van der Waals surface area contributed by atoms with E-state index in [0.717, 1.165) is 32.3 Å². The van der Waals surface area contributed by atoms with Crippen molar-refractivity contribution >= 4 is 5.91 Å². The van der Waals surface area contributed by atoms with Crippen LogP contribution >= 0.6 is 0 Å². The van der Waals surface area contributed by atoms with E-state index in [4.69, 9.17) is 10.5 Å². The molecule has 0 spiro atoms. The number of unbranched alkanes of at least 4 members (excludes halogenated alkanes) is 2. The Morgan fingerprint density at radius 2 is 2.25 bits per heavy atom. The molecule has 1 heterocycles. The van der Waals surface area contributed by atoms with E-state index in [0.29, 0.717) is 13.0 Å². The first-order valence-electron chi connectivity index (χ1n) is 6.21. The van der Waals surface area contributed by atoms with Crippen LogP contribution in [0.25, 0.3) is 0 Å². The van der Waals surface area contributed by atoms with Gasteiger partial charge in [0.15, 0.2) is 0 Å². The number of rotatable bonds is 6. The van der Waals surface area contributed by atoms with Crippen LogP contribution in [-0.4, -0.2) is 30.7 Å². The summed E-state index contributed by atoms with van der Waals surface area (Å²) in [4.78, 5) is 11.7. The summed E-state index contributed by atoms with van der Waals surface area (Å²) in [6, 6.07) is 0. The topological polar surface area (TPSA) is 64.3 Å². The zero-order valence-corrected chi connectivity index (χ0v) is 10.4. The zero-order chi connectivity index (χ0) is 12.0. The molecule has 1 saturated heterocycles. The van der Waals surface area contributed by atoms with Gasteiger partial charge in [0, 0.05) is 13.0 Å². The lowest BCUT2D eigenvalue weighted by molar-refractivity contribution is -0.123. The van der Waals surface area contributed by atoms with Gasteiger partial charge in [-0.05, 0) is 39.7 Å². The molecule has 0 aliphatic carbocycles. The Bertz CT molecular complexity index is 233. The first-order valence-corrected chi connectivity index (χ1v) is 6.21. The lowest BCUT2D eigenvalue weighted by Crippen LogP contribution is -2.50. The normalized spacial score (nSPS) is 29.3. The Hall–Kier alpha value is -0.610. The number of nitrogens with one attached hydrogen (secondary N) is 1. The number of hydrogen-bond acceptors (Lipinski definition) is 3. The van der Waals surface area contributed by atoms with Gasteiger partial charge in [0.2, 0.25) is 5.91 Å². The quantitative estimate of drug-likeness (QED) is 0.671. The minimum atomic E-state index is -0.176. The Labute approximate surface area is 97.9 Å². The van der Waals surface area contributed by atoms with E-state index >= 15 is 0 Å². The summed E-state index contributed by atoms with van der Waals surface area (Å²) in [5.41, 5.74) is 5.22. The highest BCUT2D eigenvalue weighted by molar-refractivity contribution is 5.76. The minimum absolute atomic E-state index is 0.112. The number of carbonyl (C=O) groups is 1. The van der Waals surface area contributed by atoms with E-state index in [9.17, 15) is 4.79 Å². The fourth-order valence-electron chi connectivity index (χ4n) is 1.99. The highest BCUT2D eigenvalue weighted by Crippen LogP contribution is 2.25. The molecule has 2 atom stereocenters. The number of hydrogen-bond donors (Lipinski definition) is 2. The van der Waals surface area contributed by atoms with Gasteiger partial charge in [0.25, 0.3) is 0 Å². The molecule has 94 valence electrons. The van der Waals surface area contributed by atoms with E-state index in [2.05, 4.69) is 12.2 Å². The molecule has 0 bridgehead atoms. The van der Waals surface area contributed by atoms with Gasteiger partial charge in [-0.3, -0.25) is 4.79 Å². The van der Waals surface area contributed by atoms with Crippen molar-refractivity contribution in [3.63, 3.8) is 0 Å². The third kappa shape index (κ3) is 3.76. The first-order chi connectivity index (χ1) is 7.58. The van der Waals surface area contributed by atoms with Crippen LogP contribution in [0.3, 0.4) is 0 Å². The van der Waals surface area contributed by atoms with Gasteiger partial charge in [-0.2, -0.15) is 0 Å². The molecule has 0 aromatic carbocycles. The van der Waals surface area contributed by atoms with Crippen LogP contribution in [0.4, 0.5) is 0 Å². The monoisotopic (exact) mass is 228 g/mol. The summed E-state index contributed by atoms with van der Waals surface area (Å²) in [7, 11) is 0. The van der Waals surface area contributed by atoms with E-state index in [1.807, 2.05) is 6.92 Å². The molecule has 1 aliphatic heterocycles. The lowest BCUT2D eigenvalue weighted by Gasteiger charge is -2.28. The maximum Gasteiger partial charge on any atom is 0.220 e. The van der Waals surface area contributed by atoms with Crippen molar-refractivity contribution in [1.29, 1.82) is 0 Å². The molecule has 1 fully saturated rings. The molecule has 0 saturated carbocycles. The molecule has 2 unspecified atom stereocenters. The largest absolute Gasteiger partial charge is 0.376 e. The average molecular weight is 228 g/mol. The fourth-order valence-corrected chi connectivity index (χ4v) is 1.99. The number of ether oxygens (including phenoxy) is 1. The molecule has 1 amide bonds. The Balaban J connectivity index is 2.23. The Morgan fingerprint density at radius 1 is 1.50 bits per heavy atom. The predicted molar refractivity (Wildman–Crippen MR) is 64.1 cm³/mol. The van der Waals surface area contributed by atoms with E-state index in [-0.39, 0.29) is 17.6 Å². The third-order valence-corrected chi connectivity index (χ3v) is 3.42. The minimum Gasteiger partial charge on any atom is -0.376 e. The third-order valence-electron chi connectivity index (χ3n) is 3.42. The maximum absolute atomic E-state index is 11.7. The van der Waals surface area contributed by atoms with Crippen LogP contribution in [0.15, 0.2) is 0 Å². The molecule has 16 heavy (non-hydrogen) atoms. The molecular formula is C12H24N2O2. The Kier molecular flexibility index (Phi) is 5.22. The molecule has 1 rings (SSSR count). The van der Waals surface area contributed by atoms with Gasteiger partial charge in [-0.15, -0.1) is 0 Å². The fraction of sp³-hybridized carbons (Fsp3) is 0.917. The zero-order valence-electron chi connectivity index (χ0n) is 10.4. The number of nitrogens with two attached hydrogens (primary N) is 1. The molecule has 3 N–H and O–H groups in total. The van der Waals surface area contributed by atoms with Crippen LogP contribution in [0.5, 0.6) is 0 Å². The van der Waals surface area contributed by atoms with Gasteiger partial charge in [-0.25, -0.2) is 0 Å². The number of amides is 1. The summed E-state index contributed by atoms with van der Waals surface area (Å²) in [6.45, 7) is 5.53. The summed E-state index contributed by atoms with van der Waals surface area (Å²) in [5.74, 6) is 0.136. The first kappa shape index (κ1) is 13.5. The second-order valence-corrected chi connectivity index (χ2v) is 4.83. The maximum atomic E-state index is 11.7. The summed E-state index contributed by atoms with van der Waals surface area (Å²) >= 11 is 0. The molecule has 0 aromatic rings. The van der Waals surface area contributed by atoms with E-state index in [1.54, 1.807) is 0 Å². The van der Waals surface area contributed by atoms with Crippen molar-refractivity contribution in [3.05, 3.63) is 0 Å². The van der Waals surface area contributed by atoms with Crippen molar-refractivity contribution in [3.8, 4) is 0 Å². The van der Waals surface area contributed by atoms with Crippen molar-refractivity contribution in [2.24, 2.45) is 5.73 Å². The average Bonchev–Trinajstić information content (AvgIpc) is 2.54. The smallest absolute Gasteiger partial charge is 0.220 e. The van der Waals surface area contributed by atoms with Crippen molar-refractivity contribution in [1.82, 2.24) is 5.32 Å². The van der Waals surface area contributed by atoms with Crippen LogP contribution in [0.1, 0.15) is 46.0 Å². The lowest BCUT2D eigenvalue weighted by atomic mass is 9.94. The van der Waals surface area contributed by atoms with Crippen molar-refractivity contribution < 1.29 is 9.53 Å². The van der Waals surface area contributed by atoms with Crippen LogP contribution < -0.4 is 11.1 Å². The summed E-state index contributed by atoms with van der Waals surface area (Å²) in [5, 5.41) is 3.09. The molecule has 0 radical (unpaired) electrons. The second-order valence-electron chi connectivity index (χ2n) is 4.83. The molecule has 0 aromatic heterocycles. The number of carbonyl (C=O) groups excluding carboxylic acids is 1.